The third-order valence-electron chi connectivity index (χ3n) is 4.58. The Labute approximate surface area is 174 Å². The molecule has 1 atom stereocenters. The Morgan fingerprint density at radius 2 is 1.79 bits per heavy atom. The number of aryl methyl sites for hydroxylation is 4. The predicted molar refractivity (Wildman–Crippen MR) is 115 cm³/mol. The van der Waals surface area contributed by atoms with Gasteiger partial charge in [-0.3, -0.25) is 4.79 Å². The van der Waals surface area contributed by atoms with Crippen molar-refractivity contribution in [1.82, 2.24) is 20.2 Å². The second-order valence-electron chi connectivity index (χ2n) is 7.07. The van der Waals surface area contributed by atoms with Crippen LogP contribution in [0, 0.1) is 27.7 Å². The summed E-state index contributed by atoms with van der Waals surface area (Å²) in [4.78, 5) is 12.8. The number of carbonyl (C=O) groups is 1. The number of aromatic nitrogens is 4. The molecule has 1 N–H and O–H groups in total. The van der Waals surface area contributed by atoms with Gasteiger partial charge in [0.15, 0.2) is 0 Å². The lowest BCUT2D eigenvalue weighted by Crippen LogP contribution is -2.24. The molecule has 0 aliphatic rings. The molecule has 8 heteroatoms. The lowest BCUT2D eigenvalue weighted by molar-refractivity contribution is -0.115. The van der Waals surface area contributed by atoms with Crippen molar-refractivity contribution in [2.75, 3.05) is 12.4 Å². The molecule has 1 aromatic heterocycles. The van der Waals surface area contributed by atoms with Gasteiger partial charge in [0.1, 0.15) is 11.4 Å². The number of carbonyl (C=O) groups excluding carboxylic acids is 1. The van der Waals surface area contributed by atoms with Gasteiger partial charge in [-0.1, -0.05) is 35.5 Å². The molecule has 0 radical (unpaired) electrons. The first-order valence-corrected chi connectivity index (χ1v) is 10.2. The predicted octanol–water partition coefficient (Wildman–Crippen LogP) is 4.02. The van der Waals surface area contributed by atoms with E-state index in [2.05, 4.69) is 33.0 Å². The fourth-order valence-corrected chi connectivity index (χ4v) is 3.98. The SMILES string of the molecule is COc1ccc(C)cc1-n1nnnc1SC(C)C(=O)Nc1c(C)cc(C)cc1C. The van der Waals surface area contributed by atoms with Gasteiger partial charge < -0.3 is 10.1 Å². The second kappa shape index (κ2) is 8.65. The minimum absolute atomic E-state index is 0.101. The van der Waals surface area contributed by atoms with Gasteiger partial charge in [-0.2, -0.15) is 4.68 Å². The minimum Gasteiger partial charge on any atom is -0.494 e. The number of benzene rings is 2. The van der Waals surface area contributed by atoms with Crippen molar-refractivity contribution in [2.45, 2.75) is 45.0 Å². The topological polar surface area (TPSA) is 81.9 Å². The van der Waals surface area contributed by atoms with E-state index in [0.717, 1.165) is 28.1 Å². The molecule has 3 aromatic rings. The standard InChI is InChI=1S/C21H25N5O2S/c1-12-7-8-18(28-6)17(11-12)26-21(23-24-25-26)29-16(5)20(27)22-19-14(3)9-13(2)10-15(19)4/h7-11,16H,1-6H3,(H,22,27). The number of methoxy groups -OCH3 is 1. The molecule has 3 rings (SSSR count). The summed E-state index contributed by atoms with van der Waals surface area (Å²) in [7, 11) is 1.60. The van der Waals surface area contributed by atoms with E-state index in [1.807, 2.05) is 52.8 Å². The lowest BCUT2D eigenvalue weighted by atomic mass is 10.1. The number of nitrogens with one attached hydrogen (secondary N) is 1. The van der Waals surface area contributed by atoms with Crippen molar-refractivity contribution in [3.63, 3.8) is 0 Å². The fourth-order valence-electron chi connectivity index (χ4n) is 3.18. The largest absolute Gasteiger partial charge is 0.494 e. The van der Waals surface area contributed by atoms with Gasteiger partial charge >= 0.3 is 0 Å². The zero-order chi connectivity index (χ0) is 21.1. The highest BCUT2D eigenvalue weighted by molar-refractivity contribution is 8.00. The van der Waals surface area contributed by atoms with Crippen LogP contribution in [0.2, 0.25) is 0 Å². The van der Waals surface area contributed by atoms with E-state index in [1.165, 1.54) is 17.3 Å². The monoisotopic (exact) mass is 411 g/mol. The summed E-state index contributed by atoms with van der Waals surface area (Å²) >= 11 is 1.30. The average molecular weight is 412 g/mol. The van der Waals surface area contributed by atoms with Crippen molar-refractivity contribution >= 4 is 23.4 Å². The molecule has 0 bridgehead atoms. The third-order valence-corrected chi connectivity index (χ3v) is 5.61. The Hall–Kier alpha value is -2.87. The summed E-state index contributed by atoms with van der Waals surface area (Å²) in [5.41, 5.74) is 5.91. The van der Waals surface area contributed by atoms with Gasteiger partial charge in [0.25, 0.3) is 0 Å². The van der Waals surface area contributed by atoms with Gasteiger partial charge in [0.05, 0.1) is 12.4 Å². The van der Waals surface area contributed by atoms with Crippen molar-refractivity contribution in [3.05, 3.63) is 52.6 Å². The first-order chi connectivity index (χ1) is 13.8. The summed E-state index contributed by atoms with van der Waals surface area (Å²) < 4.78 is 7.04. The first kappa shape index (κ1) is 20.9. The highest BCUT2D eigenvalue weighted by Crippen LogP contribution is 2.30. The highest BCUT2D eigenvalue weighted by Gasteiger charge is 2.21. The van der Waals surface area contributed by atoms with Crippen LogP contribution in [0.3, 0.4) is 0 Å². The Bertz CT molecular complexity index is 1020. The minimum atomic E-state index is -0.393. The van der Waals surface area contributed by atoms with E-state index in [9.17, 15) is 4.79 Å². The highest BCUT2D eigenvalue weighted by atomic mass is 32.2. The second-order valence-corrected chi connectivity index (χ2v) is 8.38. The van der Waals surface area contributed by atoms with Crippen molar-refractivity contribution in [2.24, 2.45) is 0 Å². The van der Waals surface area contributed by atoms with Crippen molar-refractivity contribution in [3.8, 4) is 11.4 Å². The number of hydrogen-bond donors (Lipinski definition) is 1. The van der Waals surface area contributed by atoms with E-state index < -0.39 is 5.25 Å². The maximum atomic E-state index is 12.8. The van der Waals surface area contributed by atoms with Crippen LogP contribution in [-0.4, -0.2) is 38.5 Å². The summed E-state index contributed by atoms with van der Waals surface area (Å²) in [6.07, 6.45) is 0. The number of thioether (sulfide) groups is 1. The molecule has 0 aliphatic carbocycles. The fraction of sp³-hybridized carbons (Fsp3) is 0.333. The van der Waals surface area contributed by atoms with Crippen LogP contribution in [0.25, 0.3) is 5.69 Å². The van der Waals surface area contributed by atoms with Gasteiger partial charge in [0, 0.05) is 5.69 Å². The van der Waals surface area contributed by atoms with Crippen LogP contribution < -0.4 is 10.1 Å². The molecule has 1 amide bonds. The molecule has 0 saturated carbocycles. The van der Waals surface area contributed by atoms with E-state index in [1.54, 1.807) is 11.8 Å². The number of ether oxygens (including phenoxy) is 1. The van der Waals surface area contributed by atoms with E-state index in [0.29, 0.717) is 10.9 Å². The van der Waals surface area contributed by atoms with E-state index in [-0.39, 0.29) is 5.91 Å². The quantitative estimate of drug-likeness (QED) is 0.617. The Kier molecular flexibility index (Phi) is 6.22. The molecule has 0 aliphatic heterocycles. The molecule has 0 fully saturated rings. The van der Waals surface area contributed by atoms with Gasteiger partial charge in [-0.05, 0) is 73.9 Å². The van der Waals surface area contributed by atoms with E-state index >= 15 is 0 Å². The number of rotatable bonds is 6. The number of anilines is 1. The van der Waals surface area contributed by atoms with Gasteiger partial charge in [-0.15, -0.1) is 5.10 Å². The zero-order valence-corrected chi connectivity index (χ0v) is 18.3. The average Bonchev–Trinajstić information content (AvgIpc) is 3.12. The molecule has 152 valence electrons. The van der Waals surface area contributed by atoms with Gasteiger partial charge in [-0.25, -0.2) is 0 Å². The molecule has 1 unspecified atom stereocenters. The van der Waals surface area contributed by atoms with Crippen LogP contribution in [0.15, 0.2) is 35.5 Å². The Morgan fingerprint density at radius 3 is 2.45 bits per heavy atom. The van der Waals surface area contributed by atoms with Crippen molar-refractivity contribution in [1.29, 1.82) is 0 Å². The van der Waals surface area contributed by atoms with Crippen LogP contribution >= 0.6 is 11.8 Å². The molecular weight excluding hydrogens is 386 g/mol. The van der Waals surface area contributed by atoms with Gasteiger partial charge in [0.2, 0.25) is 11.1 Å². The molecule has 7 nitrogen and oxygen atoms in total. The zero-order valence-electron chi connectivity index (χ0n) is 17.5. The summed E-state index contributed by atoms with van der Waals surface area (Å²) in [5, 5.41) is 15.2. The van der Waals surface area contributed by atoms with E-state index in [4.69, 9.17) is 4.74 Å². The number of hydrogen-bond acceptors (Lipinski definition) is 6. The maximum absolute atomic E-state index is 12.8. The summed E-state index contributed by atoms with van der Waals surface area (Å²) in [6.45, 7) is 9.87. The molecular formula is C21H25N5O2S. The molecule has 0 spiro atoms. The number of amides is 1. The number of nitrogens with zero attached hydrogens (tertiary/aromatic N) is 4. The smallest absolute Gasteiger partial charge is 0.237 e. The van der Waals surface area contributed by atoms with Crippen LogP contribution in [0.5, 0.6) is 5.75 Å². The van der Waals surface area contributed by atoms with Crippen molar-refractivity contribution < 1.29 is 9.53 Å². The number of tetrazole rings is 1. The summed E-state index contributed by atoms with van der Waals surface area (Å²) in [6, 6.07) is 9.90. The maximum Gasteiger partial charge on any atom is 0.237 e. The Morgan fingerprint density at radius 1 is 1.10 bits per heavy atom. The Balaban J connectivity index is 1.81. The molecule has 2 aromatic carbocycles. The molecule has 1 heterocycles. The lowest BCUT2D eigenvalue weighted by Gasteiger charge is -2.16. The first-order valence-electron chi connectivity index (χ1n) is 9.29. The normalized spacial score (nSPS) is 11.9. The van der Waals surface area contributed by atoms with Crippen LogP contribution in [0.1, 0.15) is 29.2 Å². The summed E-state index contributed by atoms with van der Waals surface area (Å²) in [5.74, 6) is 0.559. The third kappa shape index (κ3) is 4.59. The van der Waals surface area contributed by atoms with Crippen LogP contribution in [-0.2, 0) is 4.79 Å². The van der Waals surface area contributed by atoms with Crippen LogP contribution in [0.4, 0.5) is 5.69 Å². The molecule has 29 heavy (non-hydrogen) atoms. The molecule has 0 saturated heterocycles.